The van der Waals surface area contributed by atoms with Crippen molar-refractivity contribution in [1.82, 2.24) is 0 Å². The highest BCUT2D eigenvalue weighted by Crippen LogP contribution is 2.16. The first-order valence-corrected chi connectivity index (χ1v) is 6.75. The Kier molecular flexibility index (Phi) is 3.78. The number of fused-ring (bicyclic) bond motifs is 1. The molecule has 0 aliphatic carbocycles. The van der Waals surface area contributed by atoms with Gasteiger partial charge in [0.25, 0.3) is 5.69 Å². The van der Waals surface area contributed by atoms with E-state index in [1.54, 1.807) is 18.3 Å². The van der Waals surface area contributed by atoms with E-state index in [2.05, 4.69) is 28.7 Å². The summed E-state index contributed by atoms with van der Waals surface area (Å²) >= 11 is 0. The smallest absolute Gasteiger partial charge is 0.269 e. The molecule has 0 bridgehead atoms. The van der Waals surface area contributed by atoms with Crippen LogP contribution in [0.1, 0.15) is 5.56 Å². The molecule has 3 aromatic rings. The van der Waals surface area contributed by atoms with Crippen LogP contribution >= 0.6 is 0 Å². The summed E-state index contributed by atoms with van der Waals surface area (Å²) < 4.78 is 0. The Labute approximate surface area is 127 Å². The maximum Gasteiger partial charge on any atom is 0.269 e. The number of hydrogen-bond donors (Lipinski definition) is 1. The molecule has 0 aliphatic heterocycles. The number of nitro groups is 1. The third-order valence-electron chi connectivity index (χ3n) is 3.26. The van der Waals surface area contributed by atoms with Crippen LogP contribution in [0.25, 0.3) is 10.8 Å². The minimum absolute atomic E-state index is 0.0593. The van der Waals surface area contributed by atoms with E-state index >= 15 is 0 Å². The van der Waals surface area contributed by atoms with Gasteiger partial charge in [-0.25, -0.2) is 0 Å². The molecule has 0 spiro atoms. The summed E-state index contributed by atoms with van der Waals surface area (Å²) in [6.45, 7) is 0. The van der Waals surface area contributed by atoms with Crippen molar-refractivity contribution in [3.63, 3.8) is 0 Å². The highest BCUT2D eigenvalue weighted by Gasteiger charge is 2.02. The molecular weight excluding hydrogens is 278 g/mol. The van der Waals surface area contributed by atoms with Crippen molar-refractivity contribution in [1.29, 1.82) is 0 Å². The fourth-order valence-electron chi connectivity index (χ4n) is 2.13. The third-order valence-corrected chi connectivity index (χ3v) is 3.26. The number of nitrogens with zero attached hydrogens (tertiary/aromatic N) is 2. The number of rotatable bonds is 4. The van der Waals surface area contributed by atoms with Gasteiger partial charge >= 0.3 is 0 Å². The Hall–Kier alpha value is -3.21. The van der Waals surface area contributed by atoms with Crippen molar-refractivity contribution >= 4 is 28.4 Å². The molecule has 0 heterocycles. The SMILES string of the molecule is O=[N+]([O-])c1ccc(NN=Cc2ccc3ccccc3c2)cc1. The molecule has 0 saturated carbocycles. The van der Waals surface area contributed by atoms with Crippen molar-refractivity contribution < 1.29 is 4.92 Å². The number of benzene rings is 3. The lowest BCUT2D eigenvalue weighted by Gasteiger charge is -2.01. The Morgan fingerprint density at radius 2 is 1.68 bits per heavy atom. The van der Waals surface area contributed by atoms with E-state index in [0.29, 0.717) is 5.69 Å². The van der Waals surface area contributed by atoms with E-state index in [9.17, 15) is 10.1 Å². The number of nitrogens with one attached hydrogen (secondary N) is 1. The average molecular weight is 291 g/mol. The first-order valence-electron chi connectivity index (χ1n) is 6.75. The summed E-state index contributed by atoms with van der Waals surface area (Å²) in [6.07, 6.45) is 1.72. The van der Waals surface area contributed by atoms with E-state index in [1.165, 1.54) is 17.5 Å². The first-order chi connectivity index (χ1) is 10.7. The molecule has 3 aromatic carbocycles. The number of non-ortho nitro benzene ring substituents is 1. The second-order valence-corrected chi connectivity index (χ2v) is 4.78. The number of anilines is 1. The topological polar surface area (TPSA) is 67.5 Å². The number of hydrazone groups is 1. The number of hydrogen-bond acceptors (Lipinski definition) is 4. The molecule has 0 aromatic heterocycles. The Morgan fingerprint density at radius 3 is 2.41 bits per heavy atom. The molecule has 0 radical (unpaired) electrons. The van der Waals surface area contributed by atoms with Crippen LogP contribution in [0.3, 0.4) is 0 Å². The summed E-state index contributed by atoms with van der Waals surface area (Å²) in [4.78, 5) is 10.1. The zero-order valence-electron chi connectivity index (χ0n) is 11.6. The molecule has 5 nitrogen and oxygen atoms in total. The van der Waals surface area contributed by atoms with E-state index in [1.807, 2.05) is 24.3 Å². The first kappa shape index (κ1) is 13.8. The molecule has 1 N–H and O–H groups in total. The monoisotopic (exact) mass is 291 g/mol. The lowest BCUT2D eigenvalue weighted by molar-refractivity contribution is -0.384. The lowest BCUT2D eigenvalue weighted by atomic mass is 10.1. The minimum Gasteiger partial charge on any atom is -0.278 e. The zero-order chi connectivity index (χ0) is 15.4. The second-order valence-electron chi connectivity index (χ2n) is 4.78. The predicted molar refractivity (Wildman–Crippen MR) is 88.3 cm³/mol. The summed E-state index contributed by atoms with van der Waals surface area (Å²) in [7, 11) is 0. The van der Waals surface area contributed by atoms with Crippen LogP contribution in [-0.2, 0) is 0 Å². The van der Waals surface area contributed by atoms with E-state index in [4.69, 9.17) is 0 Å². The minimum atomic E-state index is -0.428. The lowest BCUT2D eigenvalue weighted by Crippen LogP contribution is -1.92. The summed E-state index contributed by atoms with van der Waals surface area (Å²) in [5, 5.41) is 17.1. The molecule has 108 valence electrons. The highest BCUT2D eigenvalue weighted by molar-refractivity contribution is 5.90. The quantitative estimate of drug-likeness (QED) is 0.445. The van der Waals surface area contributed by atoms with Crippen molar-refractivity contribution in [3.05, 3.63) is 82.4 Å². The van der Waals surface area contributed by atoms with Gasteiger partial charge in [-0.2, -0.15) is 5.10 Å². The van der Waals surface area contributed by atoms with Gasteiger partial charge in [-0.1, -0.05) is 36.4 Å². The Bertz CT molecular complexity index is 842. The number of nitro benzene ring substituents is 1. The van der Waals surface area contributed by atoms with Gasteiger partial charge in [0, 0.05) is 12.1 Å². The molecule has 0 aliphatic rings. The molecule has 0 unspecified atom stereocenters. The van der Waals surface area contributed by atoms with Crippen LogP contribution < -0.4 is 5.43 Å². The van der Waals surface area contributed by atoms with Gasteiger partial charge in [0.05, 0.1) is 16.8 Å². The molecular formula is C17H13N3O2. The van der Waals surface area contributed by atoms with Crippen LogP contribution in [0.5, 0.6) is 0 Å². The standard InChI is InChI=1S/C17H13N3O2/c21-20(22)17-9-7-16(8-10-17)19-18-12-13-5-6-14-3-1-2-4-15(14)11-13/h1-12,19H. The normalized spacial score (nSPS) is 10.9. The Balaban J connectivity index is 1.71. The molecule has 5 heteroatoms. The van der Waals surface area contributed by atoms with Gasteiger partial charge in [-0.15, -0.1) is 0 Å². The maximum absolute atomic E-state index is 10.6. The highest BCUT2D eigenvalue weighted by atomic mass is 16.6. The van der Waals surface area contributed by atoms with Gasteiger partial charge in [-0.05, 0) is 34.5 Å². The van der Waals surface area contributed by atoms with Gasteiger partial charge in [0.2, 0.25) is 0 Å². The van der Waals surface area contributed by atoms with Crippen molar-refractivity contribution in [2.45, 2.75) is 0 Å². The van der Waals surface area contributed by atoms with E-state index in [0.717, 1.165) is 10.9 Å². The van der Waals surface area contributed by atoms with Crippen LogP contribution in [-0.4, -0.2) is 11.1 Å². The maximum atomic E-state index is 10.6. The molecule has 0 atom stereocenters. The van der Waals surface area contributed by atoms with Crippen LogP contribution in [0, 0.1) is 10.1 Å². The molecule has 3 rings (SSSR count). The van der Waals surface area contributed by atoms with Gasteiger partial charge in [0.1, 0.15) is 0 Å². The van der Waals surface area contributed by atoms with Gasteiger partial charge in [0.15, 0.2) is 0 Å². The molecule has 22 heavy (non-hydrogen) atoms. The van der Waals surface area contributed by atoms with Gasteiger partial charge < -0.3 is 0 Å². The molecule has 0 saturated heterocycles. The largest absolute Gasteiger partial charge is 0.278 e. The van der Waals surface area contributed by atoms with Crippen molar-refractivity contribution in [3.8, 4) is 0 Å². The molecule has 0 amide bonds. The van der Waals surface area contributed by atoms with Gasteiger partial charge in [-0.3, -0.25) is 15.5 Å². The van der Waals surface area contributed by atoms with E-state index in [-0.39, 0.29) is 5.69 Å². The Morgan fingerprint density at radius 1 is 0.955 bits per heavy atom. The predicted octanol–water partition coefficient (Wildman–Crippen LogP) is 4.19. The average Bonchev–Trinajstić information content (AvgIpc) is 2.55. The summed E-state index contributed by atoms with van der Waals surface area (Å²) in [5.41, 5.74) is 4.59. The fourth-order valence-corrected chi connectivity index (χ4v) is 2.13. The van der Waals surface area contributed by atoms with Crippen LogP contribution in [0.2, 0.25) is 0 Å². The summed E-state index contributed by atoms with van der Waals surface area (Å²) in [6, 6.07) is 20.3. The van der Waals surface area contributed by atoms with Crippen molar-refractivity contribution in [2.75, 3.05) is 5.43 Å². The van der Waals surface area contributed by atoms with Crippen LogP contribution in [0.4, 0.5) is 11.4 Å². The summed E-state index contributed by atoms with van der Waals surface area (Å²) in [5.74, 6) is 0. The third kappa shape index (κ3) is 3.09. The van der Waals surface area contributed by atoms with Crippen molar-refractivity contribution in [2.24, 2.45) is 5.10 Å². The second kappa shape index (κ2) is 6.05. The van der Waals surface area contributed by atoms with Crippen LogP contribution in [0.15, 0.2) is 71.8 Å². The van der Waals surface area contributed by atoms with E-state index < -0.39 is 4.92 Å². The fraction of sp³-hybridized carbons (Fsp3) is 0. The molecule has 0 fully saturated rings. The zero-order valence-corrected chi connectivity index (χ0v) is 11.6.